The van der Waals surface area contributed by atoms with Gasteiger partial charge in [-0.3, -0.25) is 14.4 Å². The molecule has 1 spiro atoms. The van der Waals surface area contributed by atoms with Crippen LogP contribution in [0.15, 0.2) is 67.8 Å². The molecule has 3 fully saturated rings. The number of hydrogen-bond donors (Lipinski definition) is 1. The molecule has 3 unspecified atom stereocenters. The van der Waals surface area contributed by atoms with Gasteiger partial charge in [-0.2, -0.15) is 0 Å². The third-order valence-electron chi connectivity index (χ3n) is 9.58. The smallest absolute Gasteiger partial charge is 0.313 e. The van der Waals surface area contributed by atoms with Crippen LogP contribution < -0.4 is 4.90 Å². The topological polar surface area (TPSA) is 96.4 Å². The van der Waals surface area contributed by atoms with E-state index in [1.54, 1.807) is 15.9 Å². The minimum atomic E-state index is -1.15. The van der Waals surface area contributed by atoms with E-state index in [4.69, 9.17) is 9.47 Å². The highest BCUT2D eigenvalue weighted by atomic mass is 16.6. The highest BCUT2D eigenvalue weighted by Gasteiger charge is 2.80. The van der Waals surface area contributed by atoms with Crippen molar-refractivity contribution in [2.24, 2.45) is 17.8 Å². The molecule has 6 atom stereocenters. The summed E-state index contributed by atoms with van der Waals surface area (Å²) < 4.78 is 12.3. The molecular formula is C34H42N2O6. The molecule has 224 valence electrons. The largest absolute Gasteiger partial charge is 0.461 e. The monoisotopic (exact) mass is 574 g/mol. The molecule has 3 aliphatic rings. The minimum Gasteiger partial charge on any atom is -0.461 e. The summed E-state index contributed by atoms with van der Waals surface area (Å²) in [5, 5.41) is 11.3. The zero-order valence-corrected chi connectivity index (χ0v) is 24.7. The van der Waals surface area contributed by atoms with Crippen LogP contribution in [0.5, 0.6) is 0 Å². The van der Waals surface area contributed by atoms with Crippen LogP contribution in [-0.4, -0.2) is 71.3 Å². The number of ether oxygens (including phenoxy) is 2. The van der Waals surface area contributed by atoms with E-state index < -0.39 is 35.0 Å². The van der Waals surface area contributed by atoms with Gasteiger partial charge < -0.3 is 24.4 Å². The van der Waals surface area contributed by atoms with Crippen LogP contribution in [0.1, 0.15) is 46.0 Å². The Morgan fingerprint density at radius 3 is 2.57 bits per heavy atom. The zero-order valence-electron chi connectivity index (χ0n) is 24.7. The van der Waals surface area contributed by atoms with Gasteiger partial charge in [0.1, 0.15) is 24.2 Å². The van der Waals surface area contributed by atoms with Gasteiger partial charge in [0, 0.05) is 25.4 Å². The first-order valence-electron chi connectivity index (χ1n) is 15.0. The van der Waals surface area contributed by atoms with E-state index in [-0.39, 0.29) is 37.5 Å². The second-order valence-electron chi connectivity index (χ2n) is 12.1. The standard InChI is InChI=1S/C34H42N2O6/c1-5-17-35(26-16-15-24-13-9-10-14-25(24)21-26)31(39)29-34-22-23(3)33(4,42-34)28(32(40)41-20-6-2)27(34)30(38)36(29)18-11-7-8-12-19-37/h5-6,9-10,13-16,21,23,27-29,37H,1-2,7-8,11-12,17-20,22H2,3-4H3/t23?,27-,28-,29?,33+,34?/m0/s1. The van der Waals surface area contributed by atoms with Crippen molar-refractivity contribution < 1.29 is 29.0 Å². The number of unbranched alkanes of at least 4 members (excludes halogenated alkanes) is 3. The third-order valence-corrected chi connectivity index (χ3v) is 9.58. The number of carbonyl (C=O) groups is 3. The number of carbonyl (C=O) groups excluding carboxylic acids is 3. The van der Waals surface area contributed by atoms with Crippen molar-refractivity contribution in [2.45, 2.75) is 63.2 Å². The number of aliphatic hydroxyl groups is 1. The number of fused-ring (bicyclic) bond motifs is 2. The lowest BCUT2D eigenvalue weighted by Gasteiger charge is -2.37. The Hall–Kier alpha value is -3.49. The van der Waals surface area contributed by atoms with Crippen molar-refractivity contribution >= 4 is 34.2 Å². The van der Waals surface area contributed by atoms with Gasteiger partial charge in [0.15, 0.2) is 0 Å². The quantitative estimate of drug-likeness (QED) is 0.213. The van der Waals surface area contributed by atoms with Crippen LogP contribution >= 0.6 is 0 Å². The number of nitrogens with zero attached hydrogens (tertiary/aromatic N) is 2. The second-order valence-corrected chi connectivity index (χ2v) is 12.1. The van der Waals surface area contributed by atoms with E-state index in [9.17, 15) is 19.5 Å². The molecule has 1 N–H and O–H groups in total. The van der Waals surface area contributed by atoms with E-state index in [0.29, 0.717) is 31.5 Å². The molecule has 0 aliphatic carbocycles. The Morgan fingerprint density at radius 2 is 1.86 bits per heavy atom. The van der Waals surface area contributed by atoms with Crippen molar-refractivity contribution in [3.63, 3.8) is 0 Å². The van der Waals surface area contributed by atoms with Crippen LogP contribution in [0.3, 0.4) is 0 Å². The summed E-state index contributed by atoms with van der Waals surface area (Å²) in [5.74, 6) is -2.67. The molecule has 2 aromatic rings. The maximum Gasteiger partial charge on any atom is 0.313 e. The minimum absolute atomic E-state index is 0.0414. The first-order valence-corrected chi connectivity index (χ1v) is 15.0. The van der Waals surface area contributed by atoms with Crippen LogP contribution in [-0.2, 0) is 23.9 Å². The first-order chi connectivity index (χ1) is 20.2. The van der Waals surface area contributed by atoms with Crippen LogP contribution in [0.25, 0.3) is 10.8 Å². The summed E-state index contributed by atoms with van der Waals surface area (Å²) in [6.07, 6.45) is 6.68. The average molecular weight is 575 g/mol. The van der Waals surface area contributed by atoms with E-state index in [1.807, 2.05) is 56.3 Å². The summed E-state index contributed by atoms with van der Waals surface area (Å²) in [7, 11) is 0. The van der Waals surface area contributed by atoms with Crippen molar-refractivity contribution in [3.05, 3.63) is 67.8 Å². The molecule has 0 radical (unpaired) electrons. The predicted octanol–water partition coefficient (Wildman–Crippen LogP) is 4.65. The molecule has 42 heavy (non-hydrogen) atoms. The molecule has 5 rings (SSSR count). The number of benzene rings is 2. The number of aliphatic hydroxyl groups excluding tert-OH is 1. The van der Waals surface area contributed by atoms with Crippen molar-refractivity contribution in [3.8, 4) is 0 Å². The summed E-state index contributed by atoms with van der Waals surface area (Å²) in [4.78, 5) is 45.9. The fourth-order valence-electron chi connectivity index (χ4n) is 7.54. The van der Waals surface area contributed by atoms with Gasteiger partial charge in [0.05, 0.1) is 11.5 Å². The lowest BCUT2D eigenvalue weighted by Crippen LogP contribution is -2.57. The highest BCUT2D eigenvalue weighted by molar-refractivity contribution is 6.05. The summed E-state index contributed by atoms with van der Waals surface area (Å²) in [6.45, 7) is 12.2. The van der Waals surface area contributed by atoms with Crippen molar-refractivity contribution in [1.82, 2.24) is 4.90 Å². The fourth-order valence-corrected chi connectivity index (χ4v) is 7.54. The molecule has 0 saturated carbocycles. The van der Waals surface area contributed by atoms with Crippen LogP contribution in [0, 0.1) is 17.8 Å². The third kappa shape index (κ3) is 4.84. The van der Waals surface area contributed by atoms with Gasteiger partial charge >= 0.3 is 5.97 Å². The normalized spacial score (nSPS) is 29.5. The van der Waals surface area contributed by atoms with Crippen molar-refractivity contribution in [2.75, 3.05) is 31.2 Å². The Bertz CT molecular complexity index is 1370. The Kier molecular flexibility index (Phi) is 8.58. The van der Waals surface area contributed by atoms with E-state index in [1.165, 1.54) is 6.08 Å². The molecule has 0 aromatic heterocycles. The molecule has 3 aliphatic heterocycles. The van der Waals surface area contributed by atoms with E-state index in [0.717, 1.165) is 23.6 Å². The molecule has 8 heteroatoms. The van der Waals surface area contributed by atoms with Gasteiger partial charge in [-0.15, -0.1) is 6.58 Å². The highest BCUT2D eigenvalue weighted by Crippen LogP contribution is 2.65. The van der Waals surface area contributed by atoms with Gasteiger partial charge in [-0.25, -0.2) is 0 Å². The first kappa shape index (κ1) is 30.0. The number of esters is 1. The van der Waals surface area contributed by atoms with Gasteiger partial charge in [-0.1, -0.05) is 68.8 Å². The molecule has 3 saturated heterocycles. The molecule has 2 amide bonds. The number of hydrogen-bond acceptors (Lipinski definition) is 6. The Balaban J connectivity index is 1.56. The molecule has 2 aromatic carbocycles. The predicted molar refractivity (Wildman–Crippen MR) is 162 cm³/mol. The molecule has 8 nitrogen and oxygen atoms in total. The average Bonchev–Trinajstić information content (AvgIpc) is 3.50. The van der Waals surface area contributed by atoms with E-state index in [2.05, 4.69) is 13.2 Å². The zero-order chi connectivity index (χ0) is 30.1. The number of anilines is 1. The Morgan fingerprint density at radius 1 is 1.12 bits per heavy atom. The molecule has 3 heterocycles. The van der Waals surface area contributed by atoms with Gasteiger partial charge in [0.25, 0.3) is 5.91 Å². The number of likely N-dealkylation sites (tertiary alicyclic amines) is 1. The van der Waals surface area contributed by atoms with Crippen LogP contribution in [0.2, 0.25) is 0 Å². The second kappa shape index (κ2) is 12.0. The molecular weight excluding hydrogens is 532 g/mol. The Labute approximate surface area is 248 Å². The maximum absolute atomic E-state index is 14.8. The van der Waals surface area contributed by atoms with Crippen LogP contribution in [0.4, 0.5) is 5.69 Å². The fraction of sp³-hybridized carbons (Fsp3) is 0.500. The van der Waals surface area contributed by atoms with Gasteiger partial charge in [-0.05, 0) is 55.0 Å². The van der Waals surface area contributed by atoms with E-state index >= 15 is 0 Å². The number of rotatable bonds is 13. The summed E-state index contributed by atoms with van der Waals surface area (Å²) in [6, 6.07) is 12.9. The SMILES string of the molecule is C=CCOC(=O)[C@@H]1[C@H]2C(=O)N(CCCCCCO)C(C(=O)N(CC=C)c3ccc4ccccc4c3)C23CC(C)[C@@]1(C)O3. The van der Waals surface area contributed by atoms with Gasteiger partial charge in [0.2, 0.25) is 5.91 Å². The summed E-state index contributed by atoms with van der Waals surface area (Å²) in [5.41, 5.74) is -1.37. The maximum atomic E-state index is 14.8. The lowest BCUT2D eigenvalue weighted by atomic mass is 9.62. The van der Waals surface area contributed by atoms with Crippen molar-refractivity contribution in [1.29, 1.82) is 0 Å². The molecule has 2 bridgehead atoms. The number of amides is 2. The lowest BCUT2D eigenvalue weighted by molar-refractivity contribution is -0.160. The summed E-state index contributed by atoms with van der Waals surface area (Å²) >= 11 is 0.